The average Bonchev–Trinajstić information content (AvgIpc) is 2.04. The molecule has 0 atom stereocenters. The Morgan fingerprint density at radius 2 is 2.25 bits per heavy atom. The predicted octanol–water partition coefficient (Wildman–Crippen LogP) is 1.27. The monoisotopic (exact) mass is 167 g/mol. The Kier molecular flexibility index (Phi) is 6.19. The van der Waals surface area contributed by atoms with E-state index >= 15 is 0 Å². The maximum Gasteiger partial charge on any atom is 0.109 e. The van der Waals surface area contributed by atoms with Crippen LogP contribution in [0, 0.1) is 0 Å². The van der Waals surface area contributed by atoms with Crippen LogP contribution in [0.25, 0.3) is 0 Å². The highest BCUT2D eigenvalue weighted by atomic mass is 14.9. The van der Waals surface area contributed by atoms with E-state index in [9.17, 15) is 0 Å². The molecule has 0 aromatic heterocycles. The molecule has 0 radical (unpaired) electrons. The fourth-order valence-corrected chi connectivity index (χ4v) is 0.759. The van der Waals surface area contributed by atoms with Gasteiger partial charge in [-0.15, -0.1) is 0 Å². The van der Waals surface area contributed by atoms with Crippen LogP contribution in [0.15, 0.2) is 22.1 Å². The van der Waals surface area contributed by atoms with E-state index in [-0.39, 0.29) is 0 Å². The highest BCUT2D eigenvalue weighted by Crippen LogP contribution is 1.97. The van der Waals surface area contributed by atoms with Gasteiger partial charge in [-0.25, -0.2) is 4.99 Å². The molecule has 0 aromatic carbocycles. The van der Waals surface area contributed by atoms with Gasteiger partial charge in [0, 0.05) is 25.7 Å². The SMILES string of the molecule is C=C(C)C(CCNC)=NC=NC. The fourth-order valence-electron chi connectivity index (χ4n) is 0.759. The van der Waals surface area contributed by atoms with Crippen molar-refractivity contribution in [1.82, 2.24) is 5.32 Å². The minimum atomic E-state index is 0.901. The Balaban J connectivity index is 4.13. The van der Waals surface area contributed by atoms with Crippen molar-refractivity contribution >= 4 is 12.1 Å². The molecule has 0 aromatic rings. The highest BCUT2D eigenvalue weighted by Gasteiger charge is 1.97. The number of hydrogen-bond donors (Lipinski definition) is 1. The van der Waals surface area contributed by atoms with Crippen molar-refractivity contribution in [3.05, 3.63) is 12.2 Å². The topological polar surface area (TPSA) is 36.8 Å². The Hall–Kier alpha value is -0.960. The molecule has 0 aliphatic heterocycles. The van der Waals surface area contributed by atoms with E-state index in [1.54, 1.807) is 13.4 Å². The molecule has 0 heterocycles. The molecule has 0 saturated heterocycles. The second-order valence-electron chi connectivity index (χ2n) is 2.58. The predicted molar refractivity (Wildman–Crippen MR) is 55.2 cm³/mol. The van der Waals surface area contributed by atoms with Gasteiger partial charge < -0.3 is 5.32 Å². The summed E-state index contributed by atoms with van der Waals surface area (Å²) in [5.41, 5.74) is 2.01. The number of nitrogens with zero attached hydrogens (tertiary/aromatic N) is 2. The van der Waals surface area contributed by atoms with E-state index in [1.807, 2.05) is 14.0 Å². The summed E-state index contributed by atoms with van der Waals surface area (Å²) < 4.78 is 0. The molecule has 0 fully saturated rings. The molecule has 0 saturated carbocycles. The second kappa shape index (κ2) is 6.73. The van der Waals surface area contributed by atoms with Crippen LogP contribution in [-0.4, -0.2) is 32.7 Å². The molecule has 12 heavy (non-hydrogen) atoms. The van der Waals surface area contributed by atoms with E-state index in [0.717, 1.165) is 24.3 Å². The summed E-state index contributed by atoms with van der Waals surface area (Å²) >= 11 is 0. The standard InChI is InChI=1S/C9H17N3/c1-8(2)9(5-6-10-3)12-7-11-4/h7,10H,1,5-6H2,2-4H3. The van der Waals surface area contributed by atoms with Crippen molar-refractivity contribution in [2.45, 2.75) is 13.3 Å². The summed E-state index contributed by atoms with van der Waals surface area (Å²) in [6, 6.07) is 0. The zero-order valence-electron chi connectivity index (χ0n) is 8.09. The summed E-state index contributed by atoms with van der Waals surface area (Å²) in [4.78, 5) is 7.96. The second-order valence-corrected chi connectivity index (χ2v) is 2.58. The van der Waals surface area contributed by atoms with E-state index in [1.165, 1.54) is 0 Å². The van der Waals surface area contributed by atoms with Crippen LogP contribution in [0.5, 0.6) is 0 Å². The Labute approximate surface area is 74.3 Å². The molecule has 3 nitrogen and oxygen atoms in total. The van der Waals surface area contributed by atoms with E-state index in [4.69, 9.17) is 0 Å². The summed E-state index contributed by atoms with van der Waals surface area (Å²) in [6.07, 6.45) is 2.46. The molecule has 0 rings (SSSR count). The van der Waals surface area contributed by atoms with Crippen LogP contribution >= 0.6 is 0 Å². The first-order valence-corrected chi connectivity index (χ1v) is 4.00. The smallest absolute Gasteiger partial charge is 0.109 e. The van der Waals surface area contributed by atoms with Crippen molar-refractivity contribution in [3.8, 4) is 0 Å². The third-order valence-electron chi connectivity index (χ3n) is 1.43. The average molecular weight is 167 g/mol. The van der Waals surface area contributed by atoms with Crippen LogP contribution in [0.3, 0.4) is 0 Å². The van der Waals surface area contributed by atoms with E-state index in [2.05, 4.69) is 21.9 Å². The van der Waals surface area contributed by atoms with Gasteiger partial charge in [0.15, 0.2) is 0 Å². The molecule has 0 aliphatic carbocycles. The lowest BCUT2D eigenvalue weighted by atomic mass is 10.1. The highest BCUT2D eigenvalue weighted by molar-refractivity contribution is 6.02. The number of rotatable bonds is 5. The van der Waals surface area contributed by atoms with Crippen molar-refractivity contribution in [2.75, 3.05) is 20.6 Å². The van der Waals surface area contributed by atoms with Crippen LogP contribution < -0.4 is 5.32 Å². The molecule has 0 spiro atoms. The quantitative estimate of drug-likeness (QED) is 0.486. The van der Waals surface area contributed by atoms with Gasteiger partial charge in [0.05, 0.1) is 0 Å². The summed E-state index contributed by atoms with van der Waals surface area (Å²) in [7, 11) is 3.63. The molecule has 0 unspecified atom stereocenters. The molecule has 0 amide bonds. The minimum absolute atomic E-state index is 0.901. The van der Waals surface area contributed by atoms with Gasteiger partial charge >= 0.3 is 0 Å². The Morgan fingerprint density at radius 3 is 2.67 bits per heavy atom. The minimum Gasteiger partial charge on any atom is -0.319 e. The van der Waals surface area contributed by atoms with Gasteiger partial charge in [-0.3, -0.25) is 4.99 Å². The van der Waals surface area contributed by atoms with Crippen molar-refractivity contribution in [2.24, 2.45) is 9.98 Å². The molecule has 0 bridgehead atoms. The molecular weight excluding hydrogens is 150 g/mol. The zero-order valence-corrected chi connectivity index (χ0v) is 8.09. The maximum atomic E-state index is 4.16. The number of aliphatic imine (C=N–C) groups is 2. The molecular formula is C9H17N3. The van der Waals surface area contributed by atoms with Gasteiger partial charge in [0.1, 0.15) is 6.34 Å². The lowest BCUT2D eigenvalue weighted by Gasteiger charge is -2.02. The lowest BCUT2D eigenvalue weighted by Crippen LogP contribution is -2.13. The summed E-state index contributed by atoms with van der Waals surface area (Å²) in [6.45, 7) is 6.72. The van der Waals surface area contributed by atoms with Gasteiger partial charge in [-0.1, -0.05) is 6.58 Å². The zero-order chi connectivity index (χ0) is 9.40. The van der Waals surface area contributed by atoms with Crippen molar-refractivity contribution in [3.63, 3.8) is 0 Å². The first-order valence-electron chi connectivity index (χ1n) is 4.00. The molecule has 0 aliphatic rings. The normalized spacial score (nSPS) is 12.4. The van der Waals surface area contributed by atoms with Gasteiger partial charge in [0.2, 0.25) is 0 Å². The largest absolute Gasteiger partial charge is 0.319 e. The Bertz CT molecular complexity index is 192. The Morgan fingerprint density at radius 1 is 1.58 bits per heavy atom. The first-order chi connectivity index (χ1) is 5.72. The molecule has 68 valence electrons. The fraction of sp³-hybridized carbons (Fsp3) is 0.556. The van der Waals surface area contributed by atoms with Crippen molar-refractivity contribution in [1.29, 1.82) is 0 Å². The summed E-state index contributed by atoms with van der Waals surface area (Å²) in [5.74, 6) is 0. The molecule has 3 heteroatoms. The van der Waals surface area contributed by atoms with E-state index < -0.39 is 0 Å². The lowest BCUT2D eigenvalue weighted by molar-refractivity contribution is 0.824. The van der Waals surface area contributed by atoms with Crippen LogP contribution in [-0.2, 0) is 0 Å². The van der Waals surface area contributed by atoms with E-state index in [0.29, 0.717) is 0 Å². The number of nitrogens with one attached hydrogen (secondary N) is 1. The third-order valence-corrected chi connectivity index (χ3v) is 1.43. The van der Waals surface area contributed by atoms with Crippen LogP contribution in [0.1, 0.15) is 13.3 Å². The van der Waals surface area contributed by atoms with Crippen molar-refractivity contribution < 1.29 is 0 Å². The van der Waals surface area contributed by atoms with Crippen LogP contribution in [0.2, 0.25) is 0 Å². The van der Waals surface area contributed by atoms with Crippen LogP contribution in [0.4, 0.5) is 0 Å². The van der Waals surface area contributed by atoms with Gasteiger partial charge in [0.25, 0.3) is 0 Å². The maximum absolute atomic E-state index is 4.16. The van der Waals surface area contributed by atoms with Gasteiger partial charge in [-0.05, 0) is 19.5 Å². The van der Waals surface area contributed by atoms with Gasteiger partial charge in [-0.2, -0.15) is 0 Å². The number of hydrogen-bond acceptors (Lipinski definition) is 2. The first kappa shape index (κ1) is 11.0. The third kappa shape index (κ3) is 4.79. The summed E-state index contributed by atoms with van der Waals surface area (Å²) in [5, 5.41) is 3.06. The molecule has 1 N–H and O–H groups in total. The number of allylic oxidation sites excluding steroid dienone is 1.